The maximum atomic E-state index is 12.2. The Morgan fingerprint density at radius 3 is 2.52 bits per heavy atom. The molecule has 0 spiro atoms. The Morgan fingerprint density at radius 1 is 1.09 bits per heavy atom. The van der Waals surface area contributed by atoms with Crippen LogP contribution < -0.4 is 0 Å². The Bertz CT molecular complexity index is 997. The van der Waals surface area contributed by atoms with Crippen molar-refractivity contribution in [2.45, 2.75) is 11.8 Å². The predicted molar refractivity (Wildman–Crippen MR) is 92.7 cm³/mol. The summed E-state index contributed by atoms with van der Waals surface area (Å²) < 4.78 is 28.2. The number of hydrogen-bond acceptors (Lipinski definition) is 3. The minimum Gasteiger partial charge on any atom is -0.235 e. The van der Waals surface area contributed by atoms with Crippen LogP contribution in [0.4, 0.5) is 0 Å². The van der Waals surface area contributed by atoms with Crippen LogP contribution in [0.2, 0.25) is 5.15 Å². The Labute approximate surface area is 139 Å². The molecule has 0 bridgehead atoms. The molecule has 0 fully saturated rings. The number of fused-ring (bicyclic) bond motifs is 1. The van der Waals surface area contributed by atoms with Gasteiger partial charge in [-0.05, 0) is 31.2 Å². The molecule has 116 valence electrons. The largest absolute Gasteiger partial charge is 0.282 e. The quantitative estimate of drug-likeness (QED) is 0.533. The van der Waals surface area contributed by atoms with E-state index in [1.807, 2.05) is 31.2 Å². The summed E-state index contributed by atoms with van der Waals surface area (Å²) >= 11 is 6.10. The second-order valence-electron chi connectivity index (χ2n) is 5.08. The summed E-state index contributed by atoms with van der Waals surface area (Å²) in [6, 6.07) is 15.7. The summed E-state index contributed by atoms with van der Waals surface area (Å²) in [7, 11) is -3.76. The molecule has 0 N–H and O–H groups in total. The van der Waals surface area contributed by atoms with Crippen molar-refractivity contribution < 1.29 is 8.42 Å². The van der Waals surface area contributed by atoms with Gasteiger partial charge in [-0.1, -0.05) is 47.5 Å². The zero-order valence-electron chi connectivity index (χ0n) is 12.3. The fraction of sp³-hybridized carbons (Fsp3) is 0.0588. The normalized spacial score (nSPS) is 12.1. The van der Waals surface area contributed by atoms with Crippen LogP contribution in [-0.2, 0) is 10.0 Å². The molecule has 2 aromatic carbocycles. The van der Waals surface area contributed by atoms with Crippen molar-refractivity contribution in [3.63, 3.8) is 0 Å². The third-order valence-corrected chi connectivity index (χ3v) is 4.91. The third kappa shape index (κ3) is 3.41. The minimum atomic E-state index is -3.76. The van der Waals surface area contributed by atoms with E-state index < -0.39 is 10.0 Å². The molecule has 23 heavy (non-hydrogen) atoms. The van der Waals surface area contributed by atoms with E-state index in [0.29, 0.717) is 5.56 Å². The average Bonchev–Trinajstić information content (AvgIpc) is 2.53. The molecule has 0 saturated carbocycles. The first-order valence-electron chi connectivity index (χ1n) is 6.88. The first-order chi connectivity index (χ1) is 11.0. The van der Waals surface area contributed by atoms with Crippen LogP contribution in [0.3, 0.4) is 0 Å². The van der Waals surface area contributed by atoms with Crippen molar-refractivity contribution in [1.29, 1.82) is 0 Å². The van der Waals surface area contributed by atoms with Gasteiger partial charge in [0.1, 0.15) is 5.15 Å². The number of para-hydroxylation sites is 1. The molecule has 0 aliphatic heterocycles. The maximum Gasteiger partial charge on any atom is 0.282 e. The Balaban J connectivity index is 1.99. The van der Waals surface area contributed by atoms with E-state index in [9.17, 15) is 8.42 Å². The lowest BCUT2D eigenvalue weighted by Gasteiger charge is -2.02. The van der Waals surface area contributed by atoms with Gasteiger partial charge in [0.2, 0.25) is 0 Å². The van der Waals surface area contributed by atoms with Crippen molar-refractivity contribution in [3.8, 4) is 0 Å². The molecule has 1 aromatic heterocycles. The molecule has 0 unspecified atom stereocenters. The summed E-state index contributed by atoms with van der Waals surface area (Å²) in [5.41, 5.74) is 2.19. The summed E-state index contributed by atoms with van der Waals surface area (Å²) in [6.07, 6.45) is 1.23. The minimum absolute atomic E-state index is 0.143. The lowest BCUT2D eigenvalue weighted by atomic mass is 10.2. The SMILES string of the molecule is Cc1ccc(S(=O)(=O)/N=C/c2cc3ccccc3nc2Cl)cc1. The van der Waals surface area contributed by atoms with Gasteiger partial charge in [0.25, 0.3) is 10.0 Å². The van der Waals surface area contributed by atoms with E-state index >= 15 is 0 Å². The number of halogens is 1. The second kappa shape index (κ2) is 6.10. The highest BCUT2D eigenvalue weighted by molar-refractivity contribution is 7.90. The van der Waals surface area contributed by atoms with Crippen molar-refractivity contribution in [1.82, 2.24) is 4.98 Å². The summed E-state index contributed by atoms with van der Waals surface area (Å²) in [6.45, 7) is 1.89. The van der Waals surface area contributed by atoms with Crippen molar-refractivity contribution in [2.75, 3.05) is 0 Å². The highest BCUT2D eigenvalue weighted by atomic mass is 35.5. The van der Waals surface area contributed by atoms with E-state index in [4.69, 9.17) is 11.6 Å². The first kappa shape index (κ1) is 15.6. The van der Waals surface area contributed by atoms with Crippen LogP contribution in [-0.4, -0.2) is 19.6 Å². The number of aryl methyl sites for hydroxylation is 1. The van der Waals surface area contributed by atoms with E-state index in [-0.39, 0.29) is 10.0 Å². The number of nitrogens with zero attached hydrogens (tertiary/aromatic N) is 2. The molecule has 3 rings (SSSR count). The third-order valence-electron chi connectivity index (χ3n) is 3.35. The highest BCUT2D eigenvalue weighted by Gasteiger charge is 2.12. The molecule has 0 radical (unpaired) electrons. The predicted octanol–water partition coefficient (Wildman–Crippen LogP) is 4.00. The van der Waals surface area contributed by atoms with E-state index in [1.165, 1.54) is 18.3 Å². The average molecular weight is 345 g/mol. The van der Waals surface area contributed by atoms with Gasteiger partial charge < -0.3 is 0 Å². The lowest BCUT2D eigenvalue weighted by Crippen LogP contribution is -1.98. The van der Waals surface area contributed by atoms with Gasteiger partial charge >= 0.3 is 0 Å². The van der Waals surface area contributed by atoms with E-state index in [2.05, 4.69) is 9.38 Å². The van der Waals surface area contributed by atoms with Gasteiger partial charge in [-0.3, -0.25) is 0 Å². The summed E-state index contributed by atoms with van der Waals surface area (Å²) in [5, 5.41) is 1.08. The molecule has 0 aliphatic carbocycles. The Hall–Kier alpha value is -2.24. The molecule has 0 atom stereocenters. The number of hydrogen-bond donors (Lipinski definition) is 0. The molecule has 6 heteroatoms. The smallest absolute Gasteiger partial charge is 0.235 e. The van der Waals surface area contributed by atoms with Crippen molar-refractivity contribution >= 4 is 38.7 Å². The number of aromatic nitrogens is 1. The van der Waals surface area contributed by atoms with Gasteiger partial charge in [0.05, 0.1) is 16.6 Å². The number of pyridine rings is 1. The zero-order chi connectivity index (χ0) is 16.4. The molecule has 1 heterocycles. The Morgan fingerprint density at radius 2 is 1.78 bits per heavy atom. The van der Waals surface area contributed by atoms with Crippen LogP contribution in [0.25, 0.3) is 10.9 Å². The topological polar surface area (TPSA) is 59.4 Å². The van der Waals surface area contributed by atoms with Gasteiger partial charge in [0, 0.05) is 10.9 Å². The van der Waals surface area contributed by atoms with Crippen LogP contribution in [0, 0.1) is 6.92 Å². The van der Waals surface area contributed by atoms with E-state index in [1.54, 1.807) is 18.2 Å². The molecule has 0 amide bonds. The molecular weight excluding hydrogens is 332 g/mol. The standard InChI is InChI=1S/C17H13ClN2O2S/c1-12-6-8-15(9-7-12)23(21,22)19-11-14-10-13-4-2-3-5-16(13)20-17(14)18/h2-11H,1H3/b19-11+. The molecule has 0 saturated heterocycles. The second-order valence-corrected chi connectivity index (χ2v) is 7.07. The first-order valence-corrected chi connectivity index (χ1v) is 8.70. The molecule has 3 aromatic rings. The molecule has 0 aliphatic rings. The molecule has 4 nitrogen and oxygen atoms in total. The molecular formula is C17H13ClN2O2S. The fourth-order valence-corrected chi connectivity index (χ4v) is 3.15. The van der Waals surface area contributed by atoms with Gasteiger partial charge in [-0.25, -0.2) is 4.98 Å². The number of sulfonamides is 1. The maximum absolute atomic E-state index is 12.2. The van der Waals surface area contributed by atoms with Crippen LogP contribution in [0.15, 0.2) is 63.9 Å². The highest BCUT2D eigenvalue weighted by Crippen LogP contribution is 2.20. The van der Waals surface area contributed by atoms with Crippen molar-refractivity contribution in [3.05, 3.63) is 70.9 Å². The zero-order valence-corrected chi connectivity index (χ0v) is 13.8. The number of benzene rings is 2. The van der Waals surface area contributed by atoms with Crippen LogP contribution in [0.5, 0.6) is 0 Å². The van der Waals surface area contributed by atoms with Crippen molar-refractivity contribution in [2.24, 2.45) is 4.40 Å². The van der Waals surface area contributed by atoms with Gasteiger partial charge in [-0.15, -0.1) is 0 Å². The van der Waals surface area contributed by atoms with Gasteiger partial charge in [-0.2, -0.15) is 12.8 Å². The lowest BCUT2D eigenvalue weighted by molar-refractivity contribution is 0.598. The van der Waals surface area contributed by atoms with Crippen LogP contribution in [0.1, 0.15) is 11.1 Å². The van der Waals surface area contributed by atoms with Gasteiger partial charge in [0.15, 0.2) is 0 Å². The van der Waals surface area contributed by atoms with Crippen LogP contribution >= 0.6 is 11.6 Å². The fourth-order valence-electron chi connectivity index (χ4n) is 2.10. The Kier molecular flexibility index (Phi) is 4.15. The monoisotopic (exact) mass is 344 g/mol. The summed E-state index contributed by atoms with van der Waals surface area (Å²) in [4.78, 5) is 4.38. The van der Waals surface area contributed by atoms with E-state index in [0.717, 1.165) is 16.5 Å². The summed E-state index contributed by atoms with van der Waals surface area (Å²) in [5.74, 6) is 0. The number of rotatable bonds is 3.